The Morgan fingerprint density at radius 2 is 1.97 bits per heavy atom. The van der Waals surface area contributed by atoms with Gasteiger partial charge in [0.05, 0.1) is 28.6 Å². The van der Waals surface area contributed by atoms with Crippen LogP contribution >= 0.6 is 11.6 Å². The zero-order valence-corrected chi connectivity index (χ0v) is 20.4. The lowest BCUT2D eigenvalue weighted by Crippen LogP contribution is -2.27. The van der Waals surface area contributed by atoms with Crippen molar-refractivity contribution in [2.75, 3.05) is 6.61 Å². The van der Waals surface area contributed by atoms with Gasteiger partial charge in [-0.2, -0.15) is 0 Å². The second kappa shape index (κ2) is 10.2. The Morgan fingerprint density at radius 1 is 1.26 bits per heavy atom. The third kappa shape index (κ3) is 5.26. The molecule has 0 fully saturated rings. The van der Waals surface area contributed by atoms with E-state index in [1.807, 2.05) is 27.7 Å². The number of pyridine rings is 1. The van der Waals surface area contributed by atoms with Gasteiger partial charge in [0.1, 0.15) is 17.1 Å². The van der Waals surface area contributed by atoms with Crippen molar-refractivity contribution in [2.24, 2.45) is 5.41 Å². The van der Waals surface area contributed by atoms with Crippen molar-refractivity contribution in [3.8, 4) is 5.75 Å². The summed E-state index contributed by atoms with van der Waals surface area (Å²) in [6, 6.07) is 8.25. The molecule has 3 aromatic rings. The summed E-state index contributed by atoms with van der Waals surface area (Å²) in [5.41, 5.74) is -0.00682. The fraction of sp³-hybridized carbons (Fsp3) is 0.385. The molecule has 0 spiro atoms. The standard InChI is InChI=1S/C26H29ClFNO5/c1-14(2)34-21-11-16(10-17-23(21)29-12-18(24(17)31)25(32)33)19(13-30)26(3,4)9-8-15-6-5-7-20(27)22(15)28/h5-7,10-12,14,19,30H,8-9,13H2,1-4H3,(H,29,31)(H,32,33). The van der Waals surface area contributed by atoms with Crippen molar-refractivity contribution in [3.63, 3.8) is 0 Å². The van der Waals surface area contributed by atoms with Crippen molar-refractivity contribution in [1.29, 1.82) is 0 Å². The number of hydrogen-bond acceptors (Lipinski definition) is 4. The number of rotatable bonds is 9. The highest BCUT2D eigenvalue weighted by molar-refractivity contribution is 6.30. The van der Waals surface area contributed by atoms with Gasteiger partial charge < -0.3 is 19.9 Å². The summed E-state index contributed by atoms with van der Waals surface area (Å²) in [4.78, 5) is 27.3. The van der Waals surface area contributed by atoms with E-state index in [4.69, 9.17) is 16.3 Å². The van der Waals surface area contributed by atoms with Crippen LogP contribution in [0.5, 0.6) is 5.75 Å². The Labute approximate surface area is 202 Å². The van der Waals surface area contributed by atoms with Crippen molar-refractivity contribution in [3.05, 3.63) is 74.3 Å². The van der Waals surface area contributed by atoms with E-state index in [-0.39, 0.29) is 28.7 Å². The van der Waals surface area contributed by atoms with Crippen LogP contribution in [0.4, 0.5) is 4.39 Å². The van der Waals surface area contributed by atoms with Gasteiger partial charge in [-0.3, -0.25) is 4.79 Å². The van der Waals surface area contributed by atoms with E-state index in [1.165, 1.54) is 6.07 Å². The fourth-order valence-electron chi connectivity index (χ4n) is 4.20. The molecule has 0 aliphatic heterocycles. The number of aliphatic hydroxyl groups excluding tert-OH is 1. The molecular formula is C26H29ClFNO5. The first-order valence-corrected chi connectivity index (χ1v) is 11.5. The first kappa shape index (κ1) is 25.7. The maximum atomic E-state index is 14.4. The van der Waals surface area contributed by atoms with Gasteiger partial charge in [-0.1, -0.05) is 37.6 Å². The molecule has 34 heavy (non-hydrogen) atoms. The van der Waals surface area contributed by atoms with Crippen LogP contribution in [0.25, 0.3) is 10.9 Å². The number of fused-ring (bicyclic) bond motifs is 1. The minimum absolute atomic E-state index is 0.0625. The van der Waals surface area contributed by atoms with Gasteiger partial charge in [0.2, 0.25) is 5.43 Å². The predicted octanol–water partition coefficient (Wildman–Crippen LogP) is 5.54. The van der Waals surface area contributed by atoms with E-state index in [1.54, 1.807) is 24.3 Å². The number of aromatic amines is 1. The fourth-order valence-corrected chi connectivity index (χ4v) is 4.40. The number of aromatic carboxylic acids is 1. The number of aromatic nitrogens is 1. The Morgan fingerprint density at radius 3 is 2.59 bits per heavy atom. The van der Waals surface area contributed by atoms with Crippen molar-refractivity contribution in [2.45, 2.75) is 52.6 Å². The van der Waals surface area contributed by atoms with Gasteiger partial charge in [-0.15, -0.1) is 0 Å². The highest BCUT2D eigenvalue weighted by atomic mass is 35.5. The molecule has 3 N–H and O–H groups in total. The van der Waals surface area contributed by atoms with E-state index in [9.17, 15) is 24.2 Å². The van der Waals surface area contributed by atoms with Crippen LogP contribution in [-0.2, 0) is 6.42 Å². The molecule has 0 saturated heterocycles. The molecule has 3 rings (SSSR count). The van der Waals surface area contributed by atoms with Crippen LogP contribution in [0.1, 0.15) is 61.5 Å². The van der Waals surface area contributed by atoms with Gasteiger partial charge in [-0.25, -0.2) is 9.18 Å². The molecule has 1 aromatic heterocycles. The van der Waals surface area contributed by atoms with Crippen molar-refractivity contribution in [1.82, 2.24) is 4.98 Å². The van der Waals surface area contributed by atoms with Gasteiger partial charge in [0, 0.05) is 12.1 Å². The van der Waals surface area contributed by atoms with Crippen LogP contribution in [-0.4, -0.2) is 33.9 Å². The van der Waals surface area contributed by atoms with Crippen molar-refractivity contribution < 1.29 is 24.1 Å². The minimum atomic E-state index is -1.33. The second-order valence-corrected chi connectivity index (χ2v) is 9.79. The van der Waals surface area contributed by atoms with Crippen LogP contribution in [0.3, 0.4) is 0 Å². The molecule has 1 heterocycles. The lowest BCUT2D eigenvalue weighted by Gasteiger charge is -2.34. The second-order valence-electron chi connectivity index (χ2n) is 9.38. The number of aryl methyl sites for hydroxylation is 1. The number of halogens is 2. The highest BCUT2D eigenvalue weighted by Crippen LogP contribution is 2.41. The SMILES string of the molecule is CC(C)Oc1cc(C(CO)C(C)(C)CCc2cccc(Cl)c2F)cc2c(=O)c(C(=O)O)c[nH]c12. The minimum Gasteiger partial charge on any atom is -0.489 e. The number of ether oxygens (including phenoxy) is 1. The normalized spacial score (nSPS) is 12.8. The number of carboxylic acid groups (broad SMARTS) is 1. The maximum absolute atomic E-state index is 14.4. The molecule has 2 aromatic carbocycles. The smallest absolute Gasteiger partial charge is 0.341 e. The molecule has 0 aliphatic rings. The summed E-state index contributed by atoms with van der Waals surface area (Å²) < 4.78 is 20.3. The summed E-state index contributed by atoms with van der Waals surface area (Å²) in [7, 11) is 0. The first-order valence-electron chi connectivity index (χ1n) is 11.1. The number of benzene rings is 2. The average Bonchev–Trinajstić information content (AvgIpc) is 2.75. The lowest BCUT2D eigenvalue weighted by atomic mass is 9.71. The van der Waals surface area contributed by atoms with E-state index >= 15 is 0 Å². The average molecular weight is 490 g/mol. The third-order valence-corrected chi connectivity index (χ3v) is 6.46. The molecule has 8 heteroatoms. The molecule has 0 radical (unpaired) electrons. The number of H-pyrrole nitrogens is 1. The maximum Gasteiger partial charge on any atom is 0.341 e. The number of carboxylic acids is 1. The number of hydrogen-bond donors (Lipinski definition) is 3. The first-order chi connectivity index (χ1) is 16.0. The summed E-state index contributed by atoms with van der Waals surface area (Å²) in [5, 5.41) is 20.0. The molecule has 1 atom stereocenters. The molecule has 6 nitrogen and oxygen atoms in total. The molecule has 0 aliphatic carbocycles. The summed E-state index contributed by atoms with van der Waals surface area (Å²) >= 11 is 5.91. The van der Waals surface area contributed by atoms with Crippen molar-refractivity contribution >= 4 is 28.5 Å². The van der Waals surface area contributed by atoms with Crippen LogP contribution in [0.15, 0.2) is 41.3 Å². The lowest BCUT2D eigenvalue weighted by molar-refractivity contribution is 0.0695. The highest BCUT2D eigenvalue weighted by Gasteiger charge is 2.32. The number of aliphatic hydroxyl groups is 1. The molecule has 0 saturated carbocycles. The van der Waals surface area contributed by atoms with E-state index in [2.05, 4.69) is 4.98 Å². The summed E-state index contributed by atoms with van der Waals surface area (Å²) in [5.74, 6) is -1.82. The van der Waals surface area contributed by atoms with E-state index < -0.39 is 28.5 Å². The number of nitrogens with one attached hydrogen (secondary N) is 1. The zero-order chi connectivity index (χ0) is 25.2. The molecule has 0 bridgehead atoms. The van der Waals surface area contributed by atoms with Gasteiger partial charge in [0.15, 0.2) is 0 Å². The van der Waals surface area contributed by atoms with E-state index in [0.29, 0.717) is 35.2 Å². The molecule has 0 amide bonds. The van der Waals surface area contributed by atoms with Crippen LogP contribution in [0.2, 0.25) is 5.02 Å². The zero-order valence-electron chi connectivity index (χ0n) is 19.6. The molecular weight excluding hydrogens is 461 g/mol. The van der Waals surface area contributed by atoms with Crippen LogP contribution in [0, 0.1) is 11.2 Å². The predicted molar refractivity (Wildman–Crippen MR) is 131 cm³/mol. The van der Waals surface area contributed by atoms with E-state index in [0.717, 1.165) is 6.20 Å². The summed E-state index contributed by atoms with van der Waals surface area (Å²) in [6.45, 7) is 7.38. The molecule has 1 unspecified atom stereocenters. The van der Waals surface area contributed by atoms with Gasteiger partial charge in [0.25, 0.3) is 0 Å². The number of carbonyl (C=O) groups is 1. The third-order valence-electron chi connectivity index (χ3n) is 6.17. The summed E-state index contributed by atoms with van der Waals surface area (Å²) in [6.07, 6.45) is 1.89. The largest absolute Gasteiger partial charge is 0.489 e. The quantitative estimate of drug-likeness (QED) is 0.366. The van der Waals surface area contributed by atoms with Gasteiger partial charge >= 0.3 is 5.97 Å². The topological polar surface area (TPSA) is 99.6 Å². The monoisotopic (exact) mass is 489 g/mol. The Balaban J connectivity index is 2.07. The van der Waals surface area contributed by atoms with Gasteiger partial charge in [-0.05, 0) is 61.4 Å². The Kier molecular flexibility index (Phi) is 7.68. The Bertz CT molecular complexity index is 1270. The molecule has 182 valence electrons. The Hall–Kier alpha value is -2.90. The van der Waals surface area contributed by atoms with Crippen LogP contribution < -0.4 is 10.2 Å².